The topological polar surface area (TPSA) is 43.4 Å². The zero-order chi connectivity index (χ0) is 18.1. The number of carbonyl (C=O) groups excluding carboxylic acids is 2. The first kappa shape index (κ1) is 17.0. The molecule has 0 spiro atoms. The molecule has 3 fully saturated rings. The van der Waals surface area contributed by atoms with Crippen molar-refractivity contribution in [1.29, 1.82) is 0 Å². The first-order valence-corrected chi connectivity index (χ1v) is 9.65. The van der Waals surface area contributed by atoms with Gasteiger partial charge in [0.1, 0.15) is 5.92 Å². The normalized spacial score (nSPS) is 39.3. The number of hydrogen-bond acceptors (Lipinski definition) is 3. The lowest BCUT2D eigenvalue weighted by Gasteiger charge is -2.28. The molecule has 2 heterocycles. The van der Waals surface area contributed by atoms with Gasteiger partial charge in [0.25, 0.3) is 0 Å². The van der Waals surface area contributed by atoms with Crippen LogP contribution in [0.2, 0.25) is 0 Å². The lowest BCUT2D eigenvalue weighted by molar-refractivity contribution is -0.132. The molecule has 2 aliphatic heterocycles. The highest BCUT2D eigenvalue weighted by Crippen LogP contribution is 2.63. The number of aryl methyl sites for hydroxylation is 3. The molecule has 2 saturated heterocycles. The molecule has 1 aromatic rings. The van der Waals surface area contributed by atoms with Crippen LogP contribution >= 0.6 is 0 Å². The maximum Gasteiger partial charge on any atom is 0.154 e. The number of ketones is 2. The summed E-state index contributed by atoms with van der Waals surface area (Å²) in [7, 11) is 0. The highest BCUT2D eigenvalue weighted by Gasteiger charge is 2.72. The van der Waals surface area contributed by atoms with Crippen molar-refractivity contribution in [3.8, 4) is 0 Å². The van der Waals surface area contributed by atoms with Crippen molar-refractivity contribution in [2.45, 2.75) is 77.4 Å². The van der Waals surface area contributed by atoms with Crippen LogP contribution in [0.1, 0.15) is 68.7 Å². The number of hydrogen-bond donors (Lipinski definition) is 0. The predicted octanol–water partition coefficient (Wildman–Crippen LogP) is 3.93. The fourth-order valence-corrected chi connectivity index (χ4v) is 5.90. The Kier molecular flexibility index (Phi) is 3.57. The zero-order valence-electron chi connectivity index (χ0n) is 15.9. The minimum atomic E-state index is -0.582. The first-order valence-electron chi connectivity index (χ1n) is 9.65. The molecule has 3 heteroatoms. The predicted molar refractivity (Wildman–Crippen MR) is 96.8 cm³/mol. The summed E-state index contributed by atoms with van der Waals surface area (Å²) < 4.78 is 6.23. The highest BCUT2D eigenvalue weighted by molar-refractivity contribution is 6.17. The molecule has 0 aromatic heterocycles. The second kappa shape index (κ2) is 5.26. The van der Waals surface area contributed by atoms with Crippen LogP contribution in [-0.4, -0.2) is 22.8 Å². The molecule has 5 atom stereocenters. The summed E-state index contributed by atoms with van der Waals surface area (Å²) in [6.45, 7) is 10.4. The SMILES string of the molecule is CCc1cc(C)cc(CC)c1C1C(=O)[C@@H]2[C@H](C1=O)[C@@]1(C)CC[C@]2(C)O1. The van der Waals surface area contributed by atoms with Crippen LogP contribution in [0.25, 0.3) is 0 Å². The van der Waals surface area contributed by atoms with Gasteiger partial charge in [0.05, 0.1) is 23.0 Å². The van der Waals surface area contributed by atoms with Crippen LogP contribution < -0.4 is 0 Å². The van der Waals surface area contributed by atoms with Crippen molar-refractivity contribution in [3.63, 3.8) is 0 Å². The number of benzene rings is 1. The lowest BCUT2D eigenvalue weighted by Crippen LogP contribution is -2.40. The summed E-state index contributed by atoms with van der Waals surface area (Å²) in [5.41, 5.74) is 3.62. The second-order valence-corrected chi connectivity index (χ2v) is 8.62. The minimum absolute atomic E-state index is 0.106. The van der Waals surface area contributed by atoms with Crippen LogP contribution in [0.5, 0.6) is 0 Å². The standard InChI is InChI=1S/C22H28O3/c1-6-13-10-12(3)11-14(7-2)15(13)16-19(23)17-18(20(16)24)22(5)9-8-21(17,4)25-22/h10-11,16-18H,6-9H2,1-5H3/t16?,17-,18+,21-,22+. The molecule has 0 amide bonds. The van der Waals surface area contributed by atoms with Crippen LogP contribution in [0.15, 0.2) is 12.1 Å². The van der Waals surface area contributed by atoms with E-state index in [2.05, 4.69) is 32.9 Å². The summed E-state index contributed by atoms with van der Waals surface area (Å²) in [5.74, 6) is -0.900. The van der Waals surface area contributed by atoms with Crippen molar-refractivity contribution < 1.29 is 14.3 Å². The smallest absolute Gasteiger partial charge is 0.154 e. The van der Waals surface area contributed by atoms with E-state index in [9.17, 15) is 9.59 Å². The van der Waals surface area contributed by atoms with Gasteiger partial charge < -0.3 is 4.74 Å². The number of fused-ring (bicyclic) bond motifs is 5. The average Bonchev–Trinajstić information content (AvgIpc) is 3.11. The Morgan fingerprint density at radius 2 is 1.40 bits per heavy atom. The Balaban J connectivity index is 1.87. The summed E-state index contributed by atoms with van der Waals surface area (Å²) >= 11 is 0. The van der Waals surface area contributed by atoms with Gasteiger partial charge in [0.2, 0.25) is 0 Å². The molecule has 2 bridgehead atoms. The summed E-state index contributed by atoms with van der Waals surface area (Å²) in [6, 6.07) is 4.30. The molecule has 4 rings (SSSR count). The van der Waals surface area contributed by atoms with Gasteiger partial charge in [-0.3, -0.25) is 9.59 Å². The zero-order valence-corrected chi connectivity index (χ0v) is 15.9. The molecule has 1 unspecified atom stereocenters. The maximum absolute atomic E-state index is 13.5. The van der Waals surface area contributed by atoms with Crippen molar-refractivity contribution in [2.24, 2.45) is 11.8 Å². The van der Waals surface area contributed by atoms with Crippen LogP contribution in [0.3, 0.4) is 0 Å². The van der Waals surface area contributed by atoms with Crippen LogP contribution in [-0.2, 0) is 27.2 Å². The monoisotopic (exact) mass is 340 g/mol. The van der Waals surface area contributed by atoms with E-state index in [1.54, 1.807) is 0 Å². The van der Waals surface area contributed by atoms with E-state index in [1.165, 1.54) is 5.56 Å². The summed E-state index contributed by atoms with van der Waals surface area (Å²) in [5, 5.41) is 0. The van der Waals surface area contributed by atoms with E-state index in [1.807, 2.05) is 13.8 Å². The highest BCUT2D eigenvalue weighted by atomic mass is 16.5. The molecular weight excluding hydrogens is 312 g/mol. The molecule has 3 aliphatic rings. The van der Waals surface area contributed by atoms with E-state index in [4.69, 9.17) is 4.74 Å². The molecule has 1 aliphatic carbocycles. The van der Waals surface area contributed by atoms with Gasteiger partial charge in [0, 0.05) is 0 Å². The van der Waals surface area contributed by atoms with E-state index in [-0.39, 0.29) is 23.4 Å². The van der Waals surface area contributed by atoms with Crippen molar-refractivity contribution in [3.05, 3.63) is 34.4 Å². The minimum Gasteiger partial charge on any atom is -0.368 e. The Bertz CT molecular complexity index is 720. The maximum atomic E-state index is 13.5. The quantitative estimate of drug-likeness (QED) is 0.783. The van der Waals surface area contributed by atoms with Gasteiger partial charge in [-0.1, -0.05) is 31.5 Å². The van der Waals surface area contributed by atoms with Gasteiger partial charge in [-0.2, -0.15) is 0 Å². The second-order valence-electron chi connectivity index (χ2n) is 8.62. The van der Waals surface area contributed by atoms with E-state index in [0.29, 0.717) is 0 Å². The molecule has 134 valence electrons. The molecular formula is C22H28O3. The van der Waals surface area contributed by atoms with Gasteiger partial charge in [0.15, 0.2) is 11.6 Å². The fourth-order valence-electron chi connectivity index (χ4n) is 5.90. The largest absolute Gasteiger partial charge is 0.368 e. The van der Waals surface area contributed by atoms with Gasteiger partial charge in [-0.25, -0.2) is 0 Å². The lowest BCUT2D eigenvalue weighted by atomic mass is 9.69. The third-order valence-electron chi connectivity index (χ3n) is 6.96. The summed E-state index contributed by atoms with van der Waals surface area (Å²) in [4.78, 5) is 26.9. The first-order chi connectivity index (χ1) is 11.8. The average molecular weight is 340 g/mol. The Morgan fingerprint density at radius 3 is 1.80 bits per heavy atom. The van der Waals surface area contributed by atoms with Gasteiger partial charge in [-0.05, 0) is 63.1 Å². The van der Waals surface area contributed by atoms with E-state index >= 15 is 0 Å². The van der Waals surface area contributed by atoms with Crippen molar-refractivity contribution in [1.82, 2.24) is 0 Å². The van der Waals surface area contributed by atoms with Crippen molar-refractivity contribution in [2.75, 3.05) is 0 Å². The Hall–Kier alpha value is -1.48. The Labute approximate surface area is 150 Å². The molecule has 1 aromatic carbocycles. The molecule has 3 nitrogen and oxygen atoms in total. The van der Waals surface area contributed by atoms with Gasteiger partial charge in [-0.15, -0.1) is 0 Å². The number of rotatable bonds is 3. The molecule has 0 N–H and O–H groups in total. The molecule has 25 heavy (non-hydrogen) atoms. The number of ether oxygens (including phenoxy) is 1. The fraction of sp³-hybridized carbons (Fsp3) is 0.636. The van der Waals surface area contributed by atoms with Crippen LogP contribution in [0.4, 0.5) is 0 Å². The van der Waals surface area contributed by atoms with Gasteiger partial charge >= 0.3 is 0 Å². The van der Waals surface area contributed by atoms with Crippen molar-refractivity contribution >= 4 is 11.6 Å². The number of carbonyl (C=O) groups is 2. The van der Waals surface area contributed by atoms with E-state index in [0.717, 1.165) is 42.4 Å². The third kappa shape index (κ3) is 2.08. The number of Topliss-reactive ketones (excluding diaryl/α,β-unsaturated/α-hetero) is 2. The molecule has 0 radical (unpaired) electrons. The third-order valence-corrected chi connectivity index (χ3v) is 6.96. The molecule has 1 saturated carbocycles. The summed E-state index contributed by atoms with van der Waals surface area (Å²) in [6.07, 6.45) is 3.46. The Morgan fingerprint density at radius 1 is 0.960 bits per heavy atom. The van der Waals surface area contributed by atoms with E-state index < -0.39 is 17.1 Å². The van der Waals surface area contributed by atoms with Crippen LogP contribution in [0, 0.1) is 18.8 Å².